The average molecular weight is 547 g/mol. The molecule has 1 atom stereocenters. The van der Waals surface area contributed by atoms with E-state index in [4.69, 9.17) is 28.2 Å². The zero-order valence-corrected chi connectivity index (χ0v) is 22.0. The number of rotatable bonds is 3. The summed E-state index contributed by atoms with van der Waals surface area (Å²) in [5.74, 6) is -0.317. The highest BCUT2D eigenvalue weighted by atomic mass is 35.5. The highest BCUT2D eigenvalue weighted by molar-refractivity contribution is 7.07. The molecule has 6 rings (SSSR count). The fourth-order valence-electron chi connectivity index (χ4n) is 5.02. The standard InChI is InChI=1S/C30H21Cl2FN2OS/c31-24-10-3-1-6-19(24)17-20-7-5-9-23-27(20)34-30-35(28(23)22-8-2-4-11-25(22)32)29(36)26(37-30)16-18-12-14-21(33)15-13-18/h1-4,6,8,10-17,28H,5,7,9H2/b20-17+,26-16-. The maximum Gasteiger partial charge on any atom is 0.271 e. The molecule has 3 nitrogen and oxygen atoms in total. The molecule has 0 saturated carbocycles. The van der Waals surface area contributed by atoms with Crippen molar-refractivity contribution in [2.75, 3.05) is 0 Å². The Hall–Kier alpha value is -3.25. The molecule has 0 radical (unpaired) electrons. The molecule has 184 valence electrons. The minimum Gasteiger partial charge on any atom is -0.272 e. The predicted octanol–water partition coefficient (Wildman–Crippen LogP) is 6.93. The summed E-state index contributed by atoms with van der Waals surface area (Å²) in [6, 6.07) is 21.2. The molecule has 7 heteroatoms. The molecule has 0 fully saturated rings. The highest BCUT2D eigenvalue weighted by Gasteiger charge is 2.33. The van der Waals surface area contributed by atoms with E-state index in [1.54, 1.807) is 22.8 Å². The third-order valence-electron chi connectivity index (χ3n) is 6.74. The first-order valence-corrected chi connectivity index (χ1v) is 13.6. The summed E-state index contributed by atoms with van der Waals surface area (Å²) < 4.78 is 15.7. The van der Waals surface area contributed by atoms with Gasteiger partial charge in [-0.3, -0.25) is 9.36 Å². The largest absolute Gasteiger partial charge is 0.272 e. The van der Waals surface area contributed by atoms with Gasteiger partial charge in [0.1, 0.15) is 5.82 Å². The number of halogens is 3. The molecule has 1 aromatic heterocycles. The summed E-state index contributed by atoms with van der Waals surface area (Å²) in [4.78, 5) is 19.4. The minimum atomic E-state index is -0.356. The van der Waals surface area contributed by atoms with Crippen molar-refractivity contribution in [2.24, 2.45) is 4.99 Å². The molecule has 1 aliphatic carbocycles. The molecule has 3 aromatic carbocycles. The van der Waals surface area contributed by atoms with Gasteiger partial charge in [-0.05, 0) is 83.5 Å². The number of hydrogen-bond donors (Lipinski definition) is 0. The smallest absolute Gasteiger partial charge is 0.271 e. The summed E-state index contributed by atoms with van der Waals surface area (Å²) in [6.07, 6.45) is 6.52. The lowest BCUT2D eigenvalue weighted by molar-refractivity contribution is 0.553. The first-order chi connectivity index (χ1) is 18.0. The molecule has 2 heterocycles. The van der Waals surface area contributed by atoms with Crippen LogP contribution in [-0.4, -0.2) is 4.57 Å². The van der Waals surface area contributed by atoms with Gasteiger partial charge in [0, 0.05) is 10.0 Å². The Labute approximate surface area is 227 Å². The van der Waals surface area contributed by atoms with Gasteiger partial charge >= 0.3 is 0 Å². The quantitative estimate of drug-likeness (QED) is 0.274. The predicted molar refractivity (Wildman–Crippen MR) is 149 cm³/mol. The van der Waals surface area contributed by atoms with Gasteiger partial charge in [-0.2, -0.15) is 0 Å². The zero-order chi connectivity index (χ0) is 25.5. The number of aromatic nitrogens is 1. The Morgan fingerprint density at radius 1 is 0.919 bits per heavy atom. The van der Waals surface area contributed by atoms with E-state index in [0.29, 0.717) is 19.4 Å². The maximum absolute atomic E-state index is 13.8. The fraction of sp³-hybridized carbons (Fsp3) is 0.133. The molecule has 0 amide bonds. The molecule has 1 unspecified atom stereocenters. The molecular formula is C30H21Cl2FN2OS. The number of fused-ring (bicyclic) bond motifs is 1. The Kier molecular flexibility index (Phi) is 6.45. The van der Waals surface area contributed by atoms with E-state index >= 15 is 0 Å². The van der Waals surface area contributed by atoms with E-state index in [1.165, 1.54) is 23.5 Å². The van der Waals surface area contributed by atoms with Gasteiger partial charge in [0.15, 0.2) is 4.80 Å². The number of nitrogens with zero attached hydrogens (tertiary/aromatic N) is 2. The SMILES string of the molecule is O=c1/c(=C/c2ccc(F)cc2)sc2n1C(c1ccccc1Cl)C1=C(N=2)/C(=C/c2ccccc2Cl)CCC1. The van der Waals surface area contributed by atoms with Gasteiger partial charge in [-0.1, -0.05) is 83.1 Å². The Morgan fingerprint density at radius 2 is 1.65 bits per heavy atom. The van der Waals surface area contributed by atoms with Crippen LogP contribution in [0.25, 0.3) is 12.2 Å². The van der Waals surface area contributed by atoms with Crippen molar-refractivity contribution >= 4 is 46.7 Å². The van der Waals surface area contributed by atoms with Crippen LogP contribution in [0, 0.1) is 5.82 Å². The molecule has 2 aliphatic rings. The first-order valence-electron chi connectivity index (χ1n) is 12.0. The third-order valence-corrected chi connectivity index (χ3v) is 8.41. The number of thiazole rings is 1. The average Bonchev–Trinajstić information content (AvgIpc) is 3.21. The molecule has 0 bridgehead atoms. The Balaban J connectivity index is 1.60. The zero-order valence-electron chi connectivity index (χ0n) is 19.6. The van der Waals surface area contributed by atoms with Crippen LogP contribution in [0.4, 0.5) is 4.39 Å². The minimum absolute atomic E-state index is 0.133. The fourth-order valence-corrected chi connectivity index (χ4v) is 6.45. The number of benzene rings is 3. The normalized spacial score (nSPS) is 18.5. The van der Waals surface area contributed by atoms with Gasteiger partial charge in [0.05, 0.1) is 16.3 Å². The number of allylic oxidation sites excluding steroid dienone is 2. The monoisotopic (exact) mass is 546 g/mol. The Bertz CT molecular complexity index is 1770. The molecule has 1 aliphatic heterocycles. The summed E-state index contributed by atoms with van der Waals surface area (Å²) in [5, 5.41) is 1.29. The van der Waals surface area contributed by atoms with Crippen molar-refractivity contribution in [1.82, 2.24) is 4.57 Å². The van der Waals surface area contributed by atoms with Crippen LogP contribution in [0.5, 0.6) is 0 Å². The summed E-state index contributed by atoms with van der Waals surface area (Å²) in [7, 11) is 0. The lowest BCUT2D eigenvalue weighted by Crippen LogP contribution is -2.39. The molecule has 0 N–H and O–H groups in total. The topological polar surface area (TPSA) is 34.4 Å². The van der Waals surface area contributed by atoms with E-state index in [-0.39, 0.29) is 17.4 Å². The van der Waals surface area contributed by atoms with E-state index in [9.17, 15) is 9.18 Å². The van der Waals surface area contributed by atoms with Crippen LogP contribution in [0.15, 0.2) is 99.4 Å². The lowest BCUT2D eigenvalue weighted by Gasteiger charge is -2.31. The second kappa shape index (κ2) is 9.90. The Morgan fingerprint density at radius 3 is 2.41 bits per heavy atom. The van der Waals surface area contributed by atoms with Crippen LogP contribution >= 0.6 is 34.5 Å². The molecule has 0 saturated heterocycles. The van der Waals surface area contributed by atoms with Crippen molar-refractivity contribution < 1.29 is 4.39 Å². The summed E-state index contributed by atoms with van der Waals surface area (Å²) in [5.41, 5.74) is 5.53. The molecular weight excluding hydrogens is 526 g/mol. The highest BCUT2D eigenvalue weighted by Crippen LogP contribution is 2.42. The molecule has 4 aromatic rings. The van der Waals surface area contributed by atoms with Crippen molar-refractivity contribution in [3.05, 3.63) is 142 Å². The van der Waals surface area contributed by atoms with Crippen LogP contribution in [0.2, 0.25) is 10.0 Å². The molecule has 37 heavy (non-hydrogen) atoms. The van der Waals surface area contributed by atoms with Crippen molar-refractivity contribution in [3.63, 3.8) is 0 Å². The van der Waals surface area contributed by atoms with Crippen molar-refractivity contribution in [3.8, 4) is 0 Å². The second-order valence-corrected chi connectivity index (χ2v) is 10.9. The van der Waals surface area contributed by atoms with Crippen LogP contribution in [0.3, 0.4) is 0 Å². The van der Waals surface area contributed by atoms with Crippen LogP contribution < -0.4 is 14.9 Å². The van der Waals surface area contributed by atoms with Gasteiger partial charge in [-0.15, -0.1) is 0 Å². The lowest BCUT2D eigenvalue weighted by atomic mass is 9.84. The van der Waals surface area contributed by atoms with Crippen molar-refractivity contribution in [1.29, 1.82) is 0 Å². The summed E-state index contributed by atoms with van der Waals surface area (Å²) >= 11 is 14.5. The number of hydrogen-bond acceptors (Lipinski definition) is 3. The van der Waals surface area contributed by atoms with E-state index in [1.807, 2.05) is 48.5 Å². The summed E-state index contributed by atoms with van der Waals surface area (Å²) in [6.45, 7) is 0. The van der Waals surface area contributed by atoms with E-state index < -0.39 is 0 Å². The van der Waals surface area contributed by atoms with Gasteiger partial charge in [0.2, 0.25) is 0 Å². The first kappa shape index (κ1) is 24.1. The van der Waals surface area contributed by atoms with Gasteiger partial charge < -0.3 is 0 Å². The van der Waals surface area contributed by atoms with E-state index in [2.05, 4.69) is 6.08 Å². The third kappa shape index (κ3) is 4.52. The van der Waals surface area contributed by atoms with Crippen LogP contribution in [-0.2, 0) is 0 Å². The van der Waals surface area contributed by atoms with E-state index in [0.717, 1.165) is 52.8 Å². The van der Waals surface area contributed by atoms with Crippen molar-refractivity contribution in [2.45, 2.75) is 25.3 Å². The van der Waals surface area contributed by atoms with Gasteiger partial charge in [-0.25, -0.2) is 9.38 Å². The van der Waals surface area contributed by atoms with Crippen LogP contribution in [0.1, 0.15) is 42.0 Å². The maximum atomic E-state index is 13.8. The van der Waals surface area contributed by atoms with Gasteiger partial charge in [0.25, 0.3) is 5.56 Å². The molecule has 0 spiro atoms. The second-order valence-electron chi connectivity index (χ2n) is 9.07.